The van der Waals surface area contributed by atoms with Crippen LogP contribution in [0.2, 0.25) is 0 Å². The fourth-order valence-corrected chi connectivity index (χ4v) is 2.81. The number of carboxylic acids is 1. The smallest absolute Gasteiger partial charge is 0.374 e. The summed E-state index contributed by atoms with van der Waals surface area (Å²) >= 11 is 0. The van der Waals surface area contributed by atoms with E-state index in [1.54, 1.807) is 37.3 Å². The maximum atomic E-state index is 13.1. The van der Waals surface area contributed by atoms with Crippen LogP contribution in [-0.4, -0.2) is 33.8 Å². The molecule has 0 fully saturated rings. The number of aliphatic carboxylic acids is 1. The standard InChI is InChI=1S/C21H17FN2O5/c1-12-23-17(14-5-3-2-4-6-14)19(29-12)20(26)24-16(18(25)21(27)28)11-13-7-9-15(22)10-8-13/h2-10,16H,11H2,1H3,(H,24,26)(H,27,28). The number of benzene rings is 2. The van der Waals surface area contributed by atoms with E-state index in [-0.39, 0.29) is 23.8 Å². The molecule has 0 aliphatic rings. The molecule has 1 amide bonds. The molecule has 2 aromatic carbocycles. The Morgan fingerprint density at radius 3 is 2.38 bits per heavy atom. The molecule has 148 valence electrons. The van der Waals surface area contributed by atoms with Crippen LogP contribution in [0.3, 0.4) is 0 Å². The van der Waals surface area contributed by atoms with Crippen LogP contribution in [0.25, 0.3) is 11.3 Å². The van der Waals surface area contributed by atoms with Gasteiger partial charge < -0.3 is 14.8 Å². The van der Waals surface area contributed by atoms with Crippen LogP contribution in [0.15, 0.2) is 59.0 Å². The third-order valence-electron chi connectivity index (χ3n) is 4.17. The van der Waals surface area contributed by atoms with Gasteiger partial charge in [0.25, 0.3) is 11.7 Å². The molecule has 1 unspecified atom stereocenters. The first-order chi connectivity index (χ1) is 13.8. The number of Topliss-reactive ketones (excluding diaryl/α,β-unsaturated/α-hetero) is 1. The van der Waals surface area contributed by atoms with Crippen molar-refractivity contribution in [1.82, 2.24) is 10.3 Å². The predicted molar refractivity (Wildman–Crippen MR) is 101 cm³/mol. The van der Waals surface area contributed by atoms with E-state index in [4.69, 9.17) is 9.52 Å². The summed E-state index contributed by atoms with van der Waals surface area (Å²) in [6, 6.07) is 12.7. The van der Waals surface area contributed by atoms with Gasteiger partial charge in [0.15, 0.2) is 5.89 Å². The van der Waals surface area contributed by atoms with Gasteiger partial charge in [-0.3, -0.25) is 9.59 Å². The van der Waals surface area contributed by atoms with E-state index in [0.717, 1.165) is 0 Å². The molecule has 1 atom stereocenters. The van der Waals surface area contributed by atoms with E-state index in [2.05, 4.69) is 10.3 Å². The van der Waals surface area contributed by atoms with Crippen LogP contribution >= 0.6 is 0 Å². The molecule has 0 spiro atoms. The lowest BCUT2D eigenvalue weighted by atomic mass is 10.0. The van der Waals surface area contributed by atoms with Gasteiger partial charge >= 0.3 is 5.97 Å². The van der Waals surface area contributed by atoms with E-state index >= 15 is 0 Å². The summed E-state index contributed by atoms with van der Waals surface area (Å²) in [4.78, 5) is 40.3. The molecule has 3 rings (SSSR count). The number of aryl methyl sites for hydroxylation is 1. The quantitative estimate of drug-likeness (QED) is 0.595. The van der Waals surface area contributed by atoms with E-state index in [1.165, 1.54) is 24.3 Å². The van der Waals surface area contributed by atoms with Crippen molar-refractivity contribution < 1.29 is 28.3 Å². The molecule has 29 heavy (non-hydrogen) atoms. The molecule has 0 saturated carbocycles. The highest BCUT2D eigenvalue weighted by Gasteiger charge is 2.30. The number of aromatic nitrogens is 1. The summed E-state index contributed by atoms with van der Waals surface area (Å²) in [5, 5.41) is 11.5. The Labute approximate surface area is 165 Å². The highest BCUT2D eigenvalue weighted by atomic mass is 19.1. The van der Waals surface area contributed by atoms with Crippen molar-refractivity contribution >= 4 is 17.7 Å². The van der Waals surface area contributed by atoms with Crippen LogP contribution < -0.4 is 5.32 Å². The predicted octanol–water partition coefficient (Wildman–Crippen LogP) is 2.78. The van der Waals surface area contributed by atoms with Crippen LogP contribution in [0.5, 0.6) is 0 Å². The van der Waals surface area contributed by atoms with Crippen molar-refractivity contribution in [2.45, 2.75) is 19.4 Å². The summed E-state index contributed by atoms with van der Waals surface area (Å²) in [5.74, 6) is -4.01. The molecule has 2 N–H and O–H groups in total. The Morgan fingerprint density at radius 2 is 1.76 bits per heavy atom. The van der Waals surface area contributed by atoms with Crippen molar-refractivity contribution in [1.29, 1.82) is 0 Å². The average Bonchev–Trinajstić information content (AvgIpc) is 3.11. The third kappa shape index (κ3) is 4.73. The second-order valence-electron chi connectivity index (χ2n) is 6.30. The van der Waals surface area contributed by atoms with Crippen LogP contribution in [0.4, 0.5) is 4.39 Å². The molecule has 8 heteroatoms. The topological polar surface area (TPSA) is 110 Å². The molecular formula is C21H17FN2O5. The lowest BCUT2D eigenvalue weighted by Gasteiger charge is -2.15. The Morgan fingerprint density at radius 1 is 1.10 bits per heavy atom. The van der Waals surface area contributed by atoms with Gasteiger partial charge in [0, 0.05) is 18.9 Å². The second kappa shape index (κ2) is 8.47. The number of carbonyl (C=O) groups excluding carboxylic acids is 2. The minimum atomic E-state index is -1.69. The number of hydrogen-bond donors (Lipinski definition) is 2. The van der Waals surface area contributed by atoms with Gasteiger partial charge in [-0.2, -0.15) is 0 Å². The highest BCUT2D eigenvalue weighted by Crippen LogP contribution is 2.24. The lowest BCUT2D eigenvalue weighted by Crippen LogP contribution is -2.45. The maximum absolute atomic E-state index is 13.1. The minimum absolute atomic E-state index is 0.120. The third-order valence-corrected chi connectivity index (χ3v) is 4.17. The summed E-state index contributed by atoms with van der Waals surface area (Å²) in [5.41, 5.74) is 1.40. The van der Waals surface area contributed by atoms with E-state index < -0.39 is 29.5 Å². The first kappa shape index (κ1) is 19.9. The highest BCUT2D eigenvalue weighted by molar-refractivity contribution is 6.35. The first-order valence-electron chi connectivity index (χ1n) is 8.70. The summed E-state index contributed by atoms with van der Waals surface area (Å²) in [6.45, 7) is 1.57. The molecule has 0 radical (unpaired) electrons. The number of rotatable bonds is 7. The normalized spacial score (nSPS) is 11.7. The van der Waals surface area contributed by atoms with Gasteiger partial charge in [-0.1, -0.05) is 42.5 Å². The van der Waals surface area contributed by atoms with Crippen molar-refractivity contribution in [3.8, 4) is 11.3 Å². The average molecular weight is 396 g/mol. The van der Waals surface area contributed by atoms with E-state index in [1.807, 2.05) is 0 Å². The zero-order valence-electron chi connectivity index (χ0n) is 15.4. The van der Waals surface area contributed by atoms with Gasteiger partial charge in [0.2, 0.25) is 5.76 Å². The second-order valence-corrected chi connectivity index (χ2v) is 6.30. The molecule has 0 aliphatic carbocycles. The number of amides is 1. The number of ketones is 1. The van der Waals surface area contributed by atoms with Gasteiger partial charge in [0.05, 0.1) is 0 Å². The van der Waals surface area contributed by atoms with Crippen molar-refractivity contribution in [3.63, 3.8) is 0 Å². The fourth-order valence-electron chi connectivity index (χ4n) is 2.81. The number of carbonyl (C=O) groups is 3. The Kier molecular flexibility index (Phi) is 5.82. The van der Waals surface area contributed by atoms with E-state index in [0.29, 0.717) is 11.1 Å². The molecule has 3 aromatic rings. The molecule has 1 heterocycles. The summed E-state index contributed by atoms with van der Waals surface area (Å²) < 4.78 is 18.5. The number of carboxylic acid groups (broad SMARTS) is 1. The Bertz CT molecular complexity index is 1040. The molecular weight excluding hydrogens is 379 g/mol. The Hall–Kier alpha value is -3.81. The first-order valence-corrected chi connectivity index (χ1v) is 8.70. The molecule has 1 aromatic heterocycles. The number of halogens is 1. The molecule has 0 saturated heterocycles. The van der Waals surface area contributed by atoms with Gasteiger partial charge in [-0.05, 0) is 17.7 Å². The monoisotopic (exact) mass is 396 g/mol. The van der Waals surface area contributed by atoms with Crippen molar-refractivity contribution in [2.75, 3.05) is 0 Å². The van der Waals surface area contributed by atoms with Crippen molar-refractivity contribution in [2.24, 2.45) is 0 Å². The lowest BCUT2D eigenvalue weighted by molar-refractivity contribution is -0.149. The summed E-state index contributed by atoms with van der Waals surface area (Å²) in [6.07, 6.45) is -0.120. The number of oxazole rings is 1. The van der Waals surface area contributed by atoms with Crippen LogP contribution in [0.1, 0.15) is 22.0 Å². The Balaban J connectivity index is 1.88. The van der Waals surface area contributed by atoms with Crippen LogP contribution in [0, 0.1) is 12.7 Å². The number of nitrogens with zero attached hydrogens (tertiary/aromatic N) is 1. The zero-order valence-corrected chi connectivity index (χ0v) is 15.4. The zero-order chi connectivity index (χ0) is 21.0. The van der Waals surface area contributed by atoms with E-state index in [9.17, 15) is 18.8 Å². The molecule has 7 nitrogen and oxygen atoms in total. The molecule has 0 bridgehead atoms. The SMILES string of the molecule is Cc1nc(-c2ccccc2)c(C(=O)NC(Cc2ccc(F)cc2)C(=O)C(=O)O)o1. The van der Waals surface area contributed by atoms with Crippen molar-refractivity contribution in [3.05, 3.63) is 77.6 Å². The maximum Gasteiger partial charge on any atom is 0.374 e. The van der Waals surface area contributed by atoms with Crippen LogP contribution in [-0.2, 0) is 16.0 Å². The molecule has 0 aliphatic heterocycles. The fraction of sp³-hybridized carbons (Fsp3) is 0.143. The number of nitrogens with one attached hydrogen (secondary N) is 1. The summed E-state index contributed by atoms with van der Waals surface area (Å²) in [7, 11) is 0. The van der Waals surface area contributed by atoms with Gasteiger partial charge in [0.1, 0.15) is 17.6 Å². The number of hydrogen-bond acceptors (Lipinski definition) is 5. The van der Waals surface area contributed by atoms with Gasteiger partial charge in [-0.25, -0.2) is 14.2 Å². The van der Waals surface area contributed by atoms with Gasteiger partial charge in [-0.15, -0.1) is 0 Å². The minimum Gasteiger partial charge on any atom is -0.475 e. The largest absolute Gasteiger partial charge is 0.475 e.